The fourth-order valence-electron chi connectivity index (χ4n) is 3.35. The fourth-order valence-corrected chi connectivity index (χ4v) is 3.35. The summed E-state index contributed by atoms with van der Waals surface area (Å²) in [6, 6.07) is 4.09. The molecule has 1 aliphatic rings. The smallest absolute Gasteiger partial charge is 0.137 e. The summed E-state index contributed by atoms with van der Waals surface area (Å²) < 4.78 is 2.05. The molecule has 0 bridgehead atoms. The summed E-state index contributed by atoms with van der Waals surface area (Å²) in [4.78, 5) is 6.89. The van der Waals surface area contributed by atoms with E-state index in [-0.39, 0.29) is 0 Å². The van der Waals surface area contributed by atoms with Crippen LogP contribution >= 0.6 is 0 Å². The van der Waals surface area contributed by atoms with Gasteiger partial charge in [0.25, 0.3) is 0 Å². The molecule has 3 aromatic rings. The average molecular weight is 312 g/mol. The Morgan fingerprint density at radius 3 is 3.09 bits per heavy atom. The number of hydrogen-bond acceptors (Lipinski definition) is 5. The summed E-state index contributed by atoms with van der Waals surface area (Å²) >= 11 is 0. The van der Waals surface area contributed by atoms with Crippen molar-refractivity contribution in [3.63, 3.8) is 0 Å². The third-order valence-electron chi connectivity index (χ3n) is 4.48. The minimum Gasteiger partial charge on any atom is -0.382 e. The number of aliphatic hydroxyl groups is 1. The zero-order valence-corrected chi connectivity index (χ0v) is 13.1. The van der Waals surface area contributed by atoms with Crippen LogP contribution in [0.25, 0.3) is 5.65 Å². The van der Waals surface area contributed by atoms with Crippen molar-refractivity contribution in [1.29, 1.82) is 0 Å². The number of rotatable bonds is 3. The lowest BCUT2D eigenvalue weighted by Crippen LogP contribution is -2.46. The van der Waals surface area contributed by atoms with Crippen LogP contribution in [0.1, 0.15) is 29.8 Å². The normalized spacial score (nSPS) is 22.7. The molecule has 7 nitrogen and oxygen atoms in total. The Balaban J connectivity index is 1.53. The van der Waals surface area contributed by atoms with Crippen LogP contribution in [0.5, 0.6) is 0 Å². The van der Waals surface area contributed by atoms with Gasteiger partial charge in [0.05, 0.1) is 11.9 Å². The number of piperidine rings is 1. The summed E-state index contributed by atoms with van der Waals surface area (Å²) in [7, 11) is 0. The third kappa shape index (κ3) is 2.73. The van der Waals surface area contributed by atoms with Crippen molar-refractivity contribution in [2.24, 2.45) is 0 Å². The molecular weight excluding hydrogens is 292 g/mol. The minimum atomic E-state index is -0.930. The molecule has 3 aromatic heterocycles. The van der Waals surface area contributed by atoms with Crippen molar-refractivity contribution in [2.75, 3.05) is 13.1 Å². The Bertz CT molecular complexity index is 811. The number of likely N-dealkylation sites (tertiary alicyclic amines) is 1. The van der Waals surface area contributed by atoms with Crippen LogP contribution < -0.4 is 0 Å². The molecule has 120 valence electrons. The second-order valence-electron chi connectivity index (χ2n) is 6.41. The largest absolute Gasteiger partial charge is 0.382 e. The Morgan fingerprint density at radius 2 is 2.26 bits per heavy atom. The van der Waals surface area contributed by atoms with Crippen molar-refractivity contribution >= 4 is 5.65 Å². The van der Waals surface area contributed by atoms with Gasteiger partial charge in [0.15, 0.2) is 0 Å². The van der Waals surface area contributed by atoms with Crippen molar-refractivity contribution < 1.29 is 5.11 Å². The molecule has 0 spiro atoms. The first-order chi connectivity index (χ1) is 11.1. The van der Waals surface area contributed by atoms with Crippen LogP contribution in [0.4, 0.5) is 0 Å². The van der Waals surface area contributed by atoms with E-state index in [1.165, 1.54) is 5.56 Å². The van der Waals surface area contributed by atoms with E-state index >= 15 is 0 Å². The molecule has 23 heavy (non-hydrogen) atoms. The molecule has 0 radical (unpaired) electrons. The van der Waals surface area contributed by atoms with Gasteiger partial charge in [0.1, 0.15) is 16.9 Å². The van der Waals surface area contributed by atoms with E-state index in [4.69, 9.17) is 0 Å². The molecule has 1 aliphatic heterocycles. The molecule has 4 rings (SSSR count). The zero-order chi connectivity index (χ0) is 15.9. The first-order valence-corrected chi connectivity index (χ1v) is 7.88. The SMILES string of the molecule is Cc1ccc2nc(CN3CCC[C@](O)(c4cn[nH]n4)C3)cn2c1. The summed E-state index contributed by atoms with van der Waals surface area (Å²) in [5.41, 5.74) is 2.86. The number of hydrogen-bond donors (Lipinski definition) is 2. The van der Waals surface area contributed by atoms with Gasteiger partial charge in [0.2, 0.25) is 0 Å². The second-order valence-corrected chi connectivity index (χ2v) is 6.41. The second kappa shape index (κ2) is 5.43. The van der Waals surface area contributed by atoms with Gasteiger partial charge in [-0.25, -0.2) is 4.98 Å². The average Bonchev–Trinajstić information content (AvgIpc) is 3.16. The molecule has 1 fully saturated rings. The lowest BCUT2D eigenvalue weighted by Gasteiger charge is -2.37. The number of imidazole rings is 1. The maximum Gasteiger partial charge on any atom is 0.137 e. The standard InChI is InChI=1S/C16H20N6O/c1-12-3-4-15-18-13(10-22(15)8-12)9-21-6-2-5-16(23,11-21)14-7-17-20-19-14/h3-4,7-8,10,23H,2,5-6,9,11H2,1H3,(H,17,19,20)/t16-/m1/s1. The van der Waals surface area contributed by atoms with Gasteiger partial charge in [0, 0.05) is 25.5 Å². The summed E-state index contributed by atoms with van der Waals surface area (Å²) in [5.74, 6) is 0. The van der Waals surface area contributed by atoms with Crippen LogP contribution in [0, 0.1) is 6.92 Å². The summed E-state index contributed by atoms with van der Waals surface area (Å²) in [6.07, 6.45) is 7.38. The highest BCUT2D eigenvalue weighted by molar-refractivity contribution is 5.41. The van der Waals surface area contributed by atoms with Crippen LogP contribution in [0.15, 0.2) is 30.7 Å². The highest BCUT2D eigenvalue weighted by atomic mass is 16.3. The quantitative estimate of drug-likeness (QED) is 0.760. The van der Waals surface area contributed by atoms with Gasteiger partial charge in [-0.1, -0.05) is 6.07 Å². The number of aromatic amines is 1. The number of pyridine rings is 1. The number of aryl methyl sites for hydroxylation is 1. The number of fused-ring (bicyclic) bond motifs is 1. The topological polar surface area (TPSA) is 82.3 Å². The number of H-pyrrole nitrogens is 1. The molecule has 0 amide bonds. The molecule has 0 aliphatic carbocycles. The predicted octanol–water partition coefficient (Wildman–Crippen LogP) is 1.24. The zero-order valence-electron chi connectivity index (χ0n) is 13.1. The van der Waals surface area contributed by atoms with Crippen molar-refractivity contribution in [2.45, 2.75) is 31.9 Å². The van der Waals surface area contributed by atoms with Gasteiger partial charge in [-0.3, -0.25) is 4.90 Å². The van der Waals surface area contributed by atoms with Crippen LogP contribution in [0.3, 0.4) is 0 Å². The highest BCUT2D eigenvalue weighted by Gasteiger charge is 2.37. The Hall–Kier alpha value is -2.25. The van der Waals surface area contributed by atoms with Crippen molar-refractivity contribution in [3.8, 4) is 0 Å². The molecule has 4 heterocycles. The van der Waals surface area contributed by atoms with Crippen molar-refractivity contribution in [1.82, 2.24) is 29.7 Å². The first-order valence-electron chi connectivity index (χ1n) is 7.88. The number of nitrogens with one attached hydrogen (secondary N) is 1. The van der Waals surface area contributed by atoms with Gasteiger partial charge in [-0.05, 0) is 37.9 Å². The maximum atomic E-state index is 10.9. The molecule has 0 aromatic carbocycles. The molecule has 1 saturated heterocycles. The van der Waals surface area contributed by atoms with E-state index in [9.17, 15) is 5.11 Å². The molecule has 0 unspecified atom stereocenters. The van der Waals surface area contributed by atoms with Crippen LogP contribution in [-0.2, 0) is 12.1 Å². The Labute approximate surface area is 134 Å². The van der Waals surface area contributed by atoms with E-state index < -0.39 is 5.60 Å². The third-order valence-corrected chi connectivity index (χ3v) is 4.48. The predicted molar refractivity (Wildman–Crippen MR) is 84.7 cm³/mol. The van der Waals surface area contributed by atoms with Crippen molar-refractivity contribution in [3.05, 3.63) is 47.7 Å². The van der Waals surface area contributed by atoms with Gasteiger partial charge in [-0.15, -0.1) is 0 Å². The van der Waals surface area contributed by atoms with E-state index in [1.807, 2.05) is 6.07 Å². The Kier molecular flexibility index (Phi) is 3.39. The first kappa shape index (κ1) is 14.3. The van der Waals surface area contributed by atoms with Gasteiger partial charge >= 0.3 is 0 Å². The molecular formula is C16H20N6O. The van der Waals surface area contributed by atoms with Gasteiger partial charge < -0.3 is 9.51 Å². The lowest BCUT2D eigenvalue weighted by molar-refractivity contribution is -0.0416. The summed E-state index contributed by atoms with van der Waals surface area (Å²) in [5, 5.41) is 21.3. The fraction of sp³-hybridized carbons (Fsp3) is 0.438. The molecule has 0 saturated carbocycles. The van der Waals surface area contributed by atoms with Crippen LogP contribution in [-0.4, -0.2) is 47.9 Å². The highest BCUT2D eigenvalue weighted by Crippen LogP contribution is 2.30. The molecule has 2 N–H and O–H groups in total. The van der Waals surface area contributed by atoms with E-state index in [0.717, 1.165) is 30.9 Å². The van der Waals surface area contributed by atoms with E-state index in [1.54, 1.807) is 6.20 Å². The lowest BCUT2D eigenvalue weighted by atomic mass is 9.90. The van der Waals surface area contributed by atoms with Crippen LogP contribution in [0.2, 0.25) is 0 Å². The number of aromatic nitrogens is 5. The summed E-state index contributed by atoms with van der Waals surface area (Å²) in [6.45, 7) is 4.29. The van der Waals surface area contributed by atoms with Gasteiger partial charge in [-0.2, -0.15) is 15.4 Å². The number of nitrogens with zero attached hydrogens (tertiary/aromatic N) is 5. The molecule has 1 atom stereocenters. The Morgan fingerprint density at radius 1 is 1.35 bits per heavy atom. The van der Waals surface area contributed by atoms with E-state index in [2.05, 4.69) is 55.1 Å². The molecule has 7 heteroatoms. The maximum absolute atomic E-state index is 10.9. The monoisotopic (exact) mass is 312 g/mol. The van der Waals surface area contributed by atoms with E-state index in [0.29, 0.717) is 18.7 Å². The minimum absolute atomic E-state index is 0.548. The number of β-amino-alcohol motifs (C(OH)–C–C–N with tert-alkyl or cyclic N) is 1.